The van der Waals surface area contributed by atoms with Gasteiger partial charge < -0.3 is 5.73 Å². The summed E-state index contributed by atoms with van der Waals surface area (Å²) in [4.78, 5) is 2.77. The molecule has 0 radical (unpaired) electrons. The molecular weight excluding hydrogens is 232 g/mol. The van der Waals surface area contributed by atoms with Crippen molar-refractivity contribution in [3.05, 3.63) is 0 Å². The van der Waals surface area contributed by atoms with Gasteiger partial charge in [-0.25, -0.2) is 0 Å². The monoisotopic (exact) mass is 266 g/mol. The number of piperidine rings is 1. The first-order valence-corrected chi connectivity index (χ1v) is 8.44. The van der Waals surface area contributed by atoms with Crippen molar-refractivity contribution in [1.82, 2.24) is 4.90 Å². The van der Waals surface area contributed by atoms with Crippen LogP contribution in [0.4, 0.5) is 0 Å². The van der Waals surface area contributed by atoms with Crippen LogP contribution in [0.1, 0.15) is 59.8 Å². The van der Waals surface area contributed by atoms with Gasteiger partial charge in [0.1, 0.15) is 0 Å². The summed E-state index contributed by atoms with van der Waals surface area (Å²) in [6, 6.07) is 0. The second kappa shape index (κ2) is 6.13. The van der Waals surface area contributed by atoms with E-state index in [4.69, 9.17) is 5.73 Å². The van der Waals surface area contributed by atoms with Gasteiger partial charge in [-0.15, -0.1) is 0 Å². The highest BCUT2D eigenvalue weighted by molar-refractivity contribution is 5.01. The third kappa shape index (κ3) is 3.00. The molecule has 0 spiro atoms. The Balaban J connectivity index is 2.05. The fourth-order valence-electron chi connectivity index (χ4n) is 4.58. The molecule has 3 unspecified atom stereocenters. The largest absolute Gasteiger partial charge is 0.329 e. The molecule has 1 saturated carbocycles. The lowest BCUT2D eigenvalue weighted by molar-refractivity contribution is -0.0277. The molecule has 2 heteroatoms. The predicted molar refractivity (Wildman–Crippen MR) is 83.1 cm³/mol. The molecule has 2 nitrogen and oxygen atoms in total. The van der Waals surface area contributed by atoms with Crippen LogP contribution in [0.5, 0.6) is 0 Å². The molecule has 2 N–H and O–H groups in total. The predicted octanol–water partition coefficient (Wildman–Crippen LogP) is 3.51. The number of nitrogens with two attached hydrogens (primary N) is 1. The molecule has 19 heavy (non-hydrogen) atoms. The van der Waals surface area contributed by atoms with Crippen LogP contribution < -0.4 is 5.73 Å². The number of hydrogen-bond acceptors (Lipinski definition) is 2. The Kier molecular flexibility index (Phi) is 4.94. The maximum atomic E-state index is 6.27. The summed E-state index contributed by atoms with van der Waals surface area (Å²) in [5, 5.41) is 0. The molecule has 3 atom stereocenters. The zero-order valence-corrected chi connectivity index (χ0v) is 13.5. The van der Waals surface area contributed by atoms with Gasteiger partial charge in [-0.2, -0.15) is 0 Å². The van der Waals surface area contributed by atoms with Crippen molar-refractivity contribution < 1.29 is 0 Å². The Morgan fingerprint density at radius 2 is 1.74 bits per heavy atom. The molecule has 1 aliphatic carbocycles. The number of nitrogens with zero attached hydrogens (tertiary/aromatic N) is 1. The quantitative estimate of drug-likeness (QED) is 0.847. The van der Waals surface area contributed by atoms with E-state index in [1.165, 1.54) is 45.2 Å². The normalized spacial score (nSPS) is 38.8. The van der Waals surface area contributed by atoms with Crippen molar-refractivity contribution in [2.45, 2.75) is 65.3 Å². The summed E-state index contributed by atoms with van der Waals surface area (Å²) in [6.07, 6.45) is 6.83. The molecule has 0 aromatic rings. The van der Waals surface area contributed by atoms with E-state index in [0.29, 0.717) is 5.54 Å². The Morgan fingerprint density at radius 1 is 1.11 bits per heavy atom. The molecular formula is C17H34N2. The van der Waals surface area contributed by atoms with Crippen LogP contribution in [0.2, 0.25) is 0 Å². The highest BCUT2D eigenvalue weighted by atomic mass is 15.2. The second-order valence-corrected chi connectivity index (χ2v) is 7.66. The highest BCUT2D eigenvalue weighted by Crippen LogP contribution is 2.42. The number of hydrogen-bond donors (Lipinski definition) is 1. The van der Waals surface area contributed by atoms with E-state index in [0.717, 1.165) is 30.2 Å². The van der Waals surface area contributed by atoms with Gasteiger partial charge in [-0.05, 0) is 62.4 Å². The second-order valence-electron chi connectivity index (χ2n) is 7.66. The van der Waals surface area contributed by atoms with E-state index < -0.39 is 0 Å². The van der Waals surface area contributed by atoms with Crippen LogP contribution in [0.3, 0.4) is 0 Å². The fraction of sp³-hybridized carbons (Fsp3) is 1.00. The summed E-state index contributed by atoms with van der Waals surface area (Å²) >= 11 is 0. The topological polar surface area (TPSA) is 29.3 Å². The number of rotatable bonds is 3. The minimum absolute atomic E-state index is 0.305. The Morgan fingerprint density at radius 3 is 2.26 bits per heavy atom. The molecule has 0 aromatic heterocycles. The van der Waals surface area contributed by atoms with Crippen molar-refractivity contribution in [1.29, 1.82) is 0 Å². The van der Waals surface area contributed by atoms with Gasteiger partial charge in [-0.1, -0.05) is 34.1 Å². The van der Waals surface area contributed by atoms with E-state index in [1.807, 2.05) is 0 Å². The molecule has 112 valence electrons. The maximum Gasteiger partial charge on any atom is 0.0359 e. The molecule has 1 heterocycles. The van der Waals surface area contributed by atoms with Crippen LogP contribution >= 0.6 is 0 Å². The smallest absolute Gasteiger partial charge is 0.0359 e. The van der Waals surface area contributed by atoms with Gasteiger partial charge in [-0.3, -0.25) is 4.90 Å². The van der Waals surface area contributed by atoms with Crippen molar-refractivity contribution in [2.24, 2.45) is 29.4 Å². The molecule has 2 rings (SSSR count). The third-order valence-electron chi connectivity index (χ3n) is 6.18. The van der Waals surface area contributed by atoms with Crippen LogP contribution in [0, 0.1) is 23.7 Å². The lowest BCUT2D eigenvalue weighted by Crippen LogP contribution is -2.62. The van der Waals surface area contributed by atoms with Crippen molar-refractivity contribution in [3.8, 4) is 0 Å². The first-order chi connectivity index (χ1) is 8.99. The van der Waals surface area contributed by atoms with E-state index >= 15 is 0 Å². The molecule has 0 bridgehead atoms. The first-order valence-electron chi connectivity index (χ1n) is 8.44. The third-order valence-corrected chi connectivity index (χ3v) is 6.18. The highest BCUT2D eigenvalue weighted by Gasteiger charge is 2.45. The Hall–Kier alpha value is -0.0800. The van der Waals surface area contributed by atoms with E-state index in [2.05, 4.69) is 32.6 Å². The van der Waals surface area contributed by atoms with E-state index in [1.54, 1.807) is 0 Å². The molecule has 0 aromatic carbocycles. The van der Waals surface area contributed by atoms with Gasteiger partial charge in [0.2, 0.25) is 0 Å². The van der Waals surface area contributed by atoms with Crippen molar-refractivity contribution in [2.75, 3.05) is 19.6 Å². The van der Waals surface area contributed by atoms with Gasteiger partial charge in [0.15, 0.2) is 0 Å². The van der Waals surface area contributed by atoms with Gasteiger partial charge >= 0.3 is 0 Å². The van der Waals surface area contributed by atoms with Crippen LogP contribution in [-0.4, -0.2) is 30.1 Å². The Bertz CT molecular complexity index is 281. The van der Waals surface area contributed by atoms with Crippen LogP contribution in [0.15, 0.2) is 0 Å². The van der Waals surface area contributed by atoms with E-state index in [-0.39, 0.29) is 0 Å². The molecule has 2 fully saturated rings. The zero-order valence-electron chi connectivity index (χ0n) is 13.5. The summed E-state index contributed by atoms with van der Waals surface area (Å²) in [5.74, 6) is 3.40. The van der Waals surface area contributed by atoms with Crippen molar-refractivity contribution >= 4 is 0 Å². The summed E-state index contributed by atoms with van der Waals surface area (Å²) < 4.78 is 0. The molecule has 1 saturated heterocycles. The lowest BCUT2D eigenvalue weighted by atomic mass is 9.67. The molecule has 1 aliphatic heterocycles. The average Bonchev–Trinajstić information content (AvgIpc) is 2.41. The Labute approximate surface area is 120 Å². The standard InChI is InChI=1S/C17H34N2/c1-13(2)16-7-9-19(10-8-16)17(12-18)11-14(3)5-6-15(17)4/h13-16H,5-12,18H2,1-4H3. The van der Waals surface area contributed by atoms with E-state index in [9.17, 15) is 0 Å². The fourth-order valence-corrected chi connectivity index (χ4v) is 4.58. The summed E-state index contributed by atoms with van der Waals surface area (Å²) in [6.45, 7) is 13.0. The first kappa shape index (κ1) is 15.3. The summed E-state index contributed by atoms with van der Waals surface area (Å²) in [7, 11) is 0. The maximum absolute atomic E-state index is 6.27. The molecule has 0 amide bonds. The minimum atomic E-state index is 0.305. The minimum Gasteiger partial charge on any atom is -0.329 e. The number of likely N-dealkylation sites (tertiary alicyclic amines) is 1. The van der Waals surface area contributed by atoms with Gasteiger partial charge in [0.25, 0.3) is 0 Å². The summed E-state index contributed by atoms with van der Waals surface area (Å²) in [5.41, 5.74) is 6.58. The average molecular weight is 266 g/mol. The SMILES string of the molecule is CC1CCC(C)C(CN)(N2CCC(C(C)C)CC2)C1. The lowest BCUT2D eigenvalue weighted by Gasteiger charge is -2.54. The van der Waals surface area contributed by atoms with Gasteiger partial charge in [0, 0.05) is 12.1 Å². The van der Waals surface area contributed by atoms with Crippen LogP contribution in [0.25, 0.3) is 0 Å². The molecule has 2 aliphatic rings. The van der Waals surface area contributed by atoms with Gasteiger partial charge in [0.05, 0.1) is 0 Å². The van der Waals surface area contributed by atoms with Crippen molar-refractivity contribution in [3.63, 3.8) is 0 Å². The van der Waals surface area contributed by atoms with Crippen LogP contribution in [-0.2, 0) is 0 Å². The zero-order chi connectivity index (χ0) is 14.0.